The molecule has 0 spiro atoms. The van der Waals surface area contributed by atoms with Gasteiger partial charge in [0, 0.05) is 16.6 Å². The van der Waals surface area contributed by atoms with Crippen molar-refractivity contribution in [2.75, 3.05) is 0 Å². The van der Waals surface area contributed by atoms with E-state index in [9.17, 15) is 0 Å². The molecule has 0 fully saturated rings. The predicted octanol–water partition coefficient (Wildman–Crippen LogP) is 5.08. The van der Waals surface area contributed by atoms with E-state index in [2.05, 4.69) is 62.4 Å². The lowest BCUT2D eigenvalue weighted by Gasteiger charge is -2.23. The topological polar surface area (TPSA) is 0 Å². The summed E-state index contributed by atoms with van der Waals surface area (Å²) in [7, 11) is 0. The Balaban J connectivity index is 2.21. The molecule has 0 aliphatic carbocycles. The van der Waals surface area contributed by atoms with Crippen LogP contribution in [-0.2, 0) is 5.75 Å². The second-order valence-electron chi connectivity index (χ2n) is 5.25. The lowest BCUT2D eigenvalue weighted by atomic mass is 9.81. The molecule has 0 bridgehead atoms. The zero-order chi connectivity index (χ0) is 12.5. The Morgan fingerprint density at radius 2 is 1.61 bits per heavy atom. The maximum Gasteiger partial charge on any atom is 0.0235 e. The van der Waals surface area contributed by atoms with E-state index in [1.54, 1.807) is 0 Å². The van der Waals surface area contributed by atoms with Crippen LogP contribution in [0.5, 0.6) is 0 Å². The van der Waals surface area contributed by atoms with E-state index in [-0.39, 0.29) is 0 Å². The Bertz CT molecular complexity index is 510. The highest BCUT2D eigenvalue weighted by atomic mass is 32.2. The summed E-state index contributed by atoms with van der Waals surface area (Å²) in [5, 5.41) is 0. The molecule has 1 atom stereocenters. The molecule has 18 heavy (non-hydrogen) atoms. The maximum absolute atomic E-state index is 2.33. The summed E-state index contributed by atoms with van der Waals surface area (Å²) in [6.07, 6.45) is 0. The van der Waals surface area contributed by atoms with Gasteiger partial charge in [-0.25, -0.2) is 0 Å². The first kappa shape index (κ1) is 11.9. The largest absolute Gasteiger partial charge is 0.121 e. The maximum atomic E-state index is 2.33. The van der Waals surface area contributed by atoms with Crippen LogP contribution in [0.1, 0.15) is 36.5 Å². The smallest absolute Gasteiger partial charge is 0.0235 e. The molecule has 92 valence electrons. The highest BCUT2D eigenvalue weighted by Gasteiger charge is 2.25. The molecule has 1 aliphatic rings. The molecule has 1 unspecified atom stereocenters. The van der Waals surface area contributed by atoms with Crippen LogP contribution in [0.25, 0.3) is 0 Å². The van der Waals surface area contributed by atoms with E-state index in [0.29, 0.717) is 11.8 Å². The van der Waals surface area contributed by atoms with Crippen molar-refractivity contribution >= 4 is 11.8 Å². The van der Waals surface area contributed by atoms with Gasteiger partial charge < -0.3 is 0 Å². The molecule has 0 nitrogen and oxygen atoms in total. The van der Waals surface area contributed by atoms with Gasteiger partial charge in [-0.2, -0.15) is 0 Å². The van der Waals surface area contributed by atoms with E-state index >= 15 is 0 Å². The SMILES string of the molecule is CC(C)C1c2ccccc2CSc2ccccc21. The van der Waals surface area contributed by atoms with Crippen molar-refractivity contribution < 1.29 is 0 Å². The van der Waals surface area contributed by atoms with E-state index in [1.165, 1.54) is 21.6 Å². The van der Waals surface area contributed by atoms with Gasteiger partial charge in [-0.1, -0.05) is 56.3 Å². The Hall–Kier alpha value is -1.21. The summed E-state index contributed by atoms with van der Waals surface area (Å²) >= 11 is 1.97. The number of thioether (sulfide) groups is 1. The standard InChI is InChI=1S/C17H18S/c1-12(2)17-14-8-4-3-7-13(14)11-18-16-10-6-5-9-15(16)17/h3-10,12,17H,11H2,1-2H3. The van der Waals surface area contributed by atoms with Crippen LogP contribution in [-0.4, -0.2) is 0 Å². The minimum Gasteiger partial charge on any atom is -0.121 e. The molecular weight excluding hydrogens is 236 g/mol. The number of hydrogen-bond acceptors (Lipinski definition) is 1. The lowest BCUT2D eigenvalue weighted by molar-refractivity contribution is 0.556. The molecule has 0 saturated carbocycles. The van der Waals surface area contributed by atoms with Crippen molar-refractivity contribution in [1.82, 2.24) is 0 Å². The number of benzene rings is 2. The molecule has 1 aliphatic heterocycles. The molecule has 0 radical (unpaired) electrons. The van der Waals surface area contributed by atoms with Crippen molar-refractivity contribution in [2.45, 2.75) is 30.4 Å². The fourth-order valence-corrected chi connectivity index (χ4v) is 3.99. The second kappa shape index (κ2) is 4.81. The zero-order valence-electron chi connectivity index (χ0n) is 10.9. The second-order valence-corrected chi connectivity index (χ2v) is 6.26. The van der Waals surface area contributed by atoms with Crippen LogP contribution < -0.4 is 0 Å². The van der Waals surface area contributed by atoms with E-state index in [4.69, 9.17) is 0 Å². The third kappa shape index (κ3) is 1.97. The average molecular weight is 254 g/mol. The third-order valence-corrected chi connectivity index (χ3v) is 4.83. The molecule has 0 amide bonds. The monoisotopic (exact) mass is 254 g/mol. The van der Waals surface area contributed by atoms with Gasteiger partial charge in [0.15, 0.2) is 0 Å². The molecule has 2 aromatic carbocycles. The molecule has 0 aromatic heterocycles. The highest BCUT2D eigenvalue weighted by molar-refractivity contribution is 7.98. The van der Waals surface area contributed by atoms with Crippen LogP contribution in [0.4, 0.5) is 0 Å². The highest BCUT2D eigenvalue weighted by Crippen LogP contribution is 2.43. The summed E-state index contributed by atoms with van der Waals surface area (Å²) in [6, 6.07) is 17.8. The van der Waals surface area contributed by atoms with Crippen molar-refractivity contribution in [3.05, 3.63) is 65.2 Å². The molecule has 0 saturated heterocycles. The number of rotatable bonds is 1. The van der Waals surface area contributed by atoms with Gasteiger partial charge in [0.05, 0.1) is 0 Å². The van der Waals surface area contributed by atoms with Crippen molar-refractivity contribution in [1.29, 1.82) is 0 Å². The third-order valence-electron chi connectivity index (χ3n) is 3.69. The van der Waals surface area contributed by atoms with Gasteiger partial charge in [-0.3, -0.25) is 0 Å². The minimum atomic E-state index is 0.535. The molecule has 0 N–H and O–H groups in total. The summed E-state index contributed by atoms with van der Waals surface area (Å²) in [5.41, 5.74) is 4.52. The van der Waals surface area contributed by atoms with Crippen LogP contribution in [0.2, 0.25) is 0 Å². The Morgan fingerprint density at radius 1 is 0.944 bits per heavy atom. The Labute approximate surface area is 113 Å². The summed E-state index contributed by atoms with van der Waals surface area (Å²) < 4.78 is 0. The van der Waals surface area contributed by atoms with Gasteiger partial charge in [-0.15, -0.1) is 11.8 Å². The first-order valence-electron chi connectivity index (χ1n) is 6.57. The van der Waals surface area contributed by atoms with E-state index < -0.39 is 0 Å². The molecular formula is C17H18S. The zero-order valence-corrected chi connectivity index (χ0v) is 11.7. The fourth-order valence-electron chi connectivity index (χ4n) is 2.88. The van der Waals surface area contributed by atoms with Crippen molar-refractivity contribution in [3.8, 4) is 0 Å². The first-order valence-corrected chi connectivity index (χ1v) is 7.55. The molecule has 1 heterocycles. The van der Waals surface area contributed by atoms with E-state index in [1.807, 2.05) is 11.8 Å². The van der Waals surface area contributed by atoms with Gasteiger partial charge in [0.2, 0.25) is 0 Å². The normalized spacial score (nSPS) is 18.1. The summed E-state index contributed by atoms with van der Waals surface area (Å²) in [6.45, 7) is 4.66. The van der Waals surface area contributed by atoms with Gasteiger partial charge in [0.25, 0.3) is 0 Å². The first-order chi connectivity index (χ1) is 8.77. The Kier molecular flexibility index (Phi) is 3.17. The molecule has 2 aromatic rings. The number of fused-ring (bicyclic) bond motifs is 2. The lowest BCUT2D eigenvalue weighted by Crippen LogP contribution is -2.10. The van der Waals surface area contributed by atoms with Crippen LogP contribution in [0, 0.1) is 5.92 Å². The Morgan fingerprint density at radius 3 is 2.39 bits per heavy atom. The van der Waals surface area contributed by atoms with Crippen LogP contribution in [0.15, 0.2) is 53.4 Å². The molecule has 3 rings (SSSR count). The van der Waals surface area contributed by atoms with Gasteiger partial charge in [0.1, 0.15) is 0 Å². The van der Waals surface area contributed by atoms with Crippen molar-refractivity contribution in [2.24, 2.45) is 5.92 Å². The summed E-state index contributed by atoms with van der Waals surface area (Å²) in [4.78, 5) is 1.45. The quantitative estimate of drug-likeness (QED) is 0.684. The molecule has 1 heteroatoms. The van der Waals surface area contributed by atoms with Crippen LogP contribution in [0.3, 0.4) is 0 Å². The minimum absolute atomic E-state index is 0.535. The number of hydrogen-bond donors (Lipinski definition) is 0. The fraction of sp³-hybridized carbons (Fsp3) is 0.294. The average Bonchev–Trinajstić information content (AvgIpc) is 2.55. The van der Waals surface area contributed by atoms with E-state index in [0.717, 1.165) is 5.75 Å². The van der Waals surface area contributed by atoms with Crippen molar-refractivity contribution in [3.63, 3.8) is 0 Å². The van der Waals surface area contributed by atoms with Gasteiger partial charge >= 0.3 is 0 Å². The van der Waals surface area contributed by atoms with Crippen LogP contribution >= 0.6 is 11.8 Å². The summed E-state index contributed by atoms with van der Waals surface area (Å²) in [5.74, 6) is 2.26. The van der Waals surface area contributed by atoms with Gasteiger partial charge in [-0.05, 0) is 28.7 Å². The predicted molar refractivity (Wildman–Crippen MR) is 79.1 cm³/mol.